The van der Waals surface area contributed by atoms with E-state index in [1.54, 1.807) is 7.11 Å². The fraction of sp³-hybridized carbons (Fsp3) is 0.346. The van der Waals surface area contributed by atoms with Crippen molar-refractivity contribution >= 4 is 17.4 Å². The zero-order valence-corrected chi connectivity index (χ0v) is 18.6. The van der Waals surface area contributed by atoms with Crippen LogP contribution in [0.5, 0.6) is 5.75 Å². The van der Waals surface area contributed by atoms with Gasteiger partial charge in [0.2, 0.25) is 5.95 Å². The molecule has 2 aliphatic rings. The van der Waals surface area contributed by atoms with Crippen LogP contribution in [0.25, 0.3) is 0 Å². The minimum atomic E-state index is 0.159. The number of rotatable bonds is 4. The van der Waals surface area contributed by atoms with E-state index >= 15 is 0 Å². The molecule has 0 unspecified atom stereocenters. The number of fused-ring (bicyclic) bond motifs is 1. The molecule has 2 aromatic carbocycles. The zero-order chi connectivity index (χ0) is 22.1. The number of benzene rings is 2. The lowest BCUT2D eigenvalue weighted by Gasteiger charge is -2.36. The molecule has 3 aromatic rings. The predicted octanol–water partition coefficient (Wildman–Crippen LogP) is 4.03. The maximum Gasteiger partial charge on any atom is 0.225 e. The molecular weight excluding hydrogens is 400 g/mol. The van der Waals surface area contributed by atoms with Crippen molar-refractivity contribution in [3.8, 4) is 5.75 Å². The van der Waals surface area contributed by atoms with Crippen LogP contribution < -0.4 is 14.5 Å². The first kappa shape index (κ1) is 20.5. The van der Waals surface area contributed by atoms with Gasteiger partial charge in [-0.2, -0.15) is 0 Å². The molecule has 32 heavy (non-hydrogen) atoms. The first-order chi connectivity index (χ1) is 15.6. The molecule has 1 fully saturated rings. The van der Waals surface area contributed by atoms with E-state index in [0.29, 0.717) is 6.42 Å². The van der Waals surface area contributed by atoms with E-state index in [9.17, 15) is 4.79 Å². The molecule has 5 rings (SSSR count). The van der Waals surface area contributed by atoms with Crippen LogP contribution in [-0.2, 0) is 6.42 Å². The van der Waals surface area contributed by atoms with Crippen LogP contribution in [0.2, 0.25) is 0 Å². The highest BCUT2D eigenvalue weighted by Gasteiger charge is 2.31. The van der Waals surface area contributed by atoms with Gasteiger partial charge in [0.15, 0.2) is 5.78 Å². The third kappa shape index (κ3) is 3.93. The van der Waals surface area contributed by atoms with Crippen molar-refractivity contribution in [1.29, 1.82) is 0 Å². The fourth-order valence-corrected chi connectivity index (χ4v) is 4.83. The molecule has 1 atom stereocenters. The third-order valence-corrected chi connectivity index (χ3v) is 6.56. The Morgan fingerprint density at radius 3 is 2.41 bits per heavy atom. The Hall–Kier alpha value is -3.41. The minimum Gasteiger partial charge on any atom is -0.497 e. The smallest absolute Gasteiger partial charge is 0.225 e. The lowest BCUT2D eigenvalue weighted by molar-refractivity contribution is 0.0962. The molecule has 164 valence electrons. The van der Waals surface area contributed by atoms with E-state index in [2.05, 4.69) is 34.1 Å². The van der Waals surface area contributed by atoms with Gasteiger partial charge in [-0.15, -0.1) is 0 Å². The number of ketones is 1. The van der Waals surface area contributed by atoms with Gasteiger partial charge in [0.1, 0.15) is 5.75 Å². The monoisotopic (exact) mass is 428 g/mol. The van der Waals surface area contributed by atoms with Crippen LogP contribution >= 0.6 is 0 Å². The minimum absolute atomic E-state index is 0.159. The predicted molar refractivity (Wildman–Crippen MR) is 126 cm³/mol. The molecule has 1 aromatic heterocycles. The third-order valence-electron chi connectivity index (χ3n) is 6.56. The summed E-state index contributed by atoms with van der Waals surface area (Å²) in [6, 6.07) is 18.5. The van der Waals surface area contributed by atoms with Gasteiger partial charge in [-0.1, -0.05) is 36.4 Å². The van der Waals surface area contributed by atoms with E-state index in [-0.39, 0.29) is 11.7 Å². The summed E-state index contributed by atoms with van der Waals surface area (Å²) >= 11 is 0. The number of anilines is 2. The van der Waals surface area contributed by atoms with Crippen molar-refractivity contribution in [2.45, 2.75) is 25.7 Å². The van der Waals surface area contributed by atoms with Gasteiger partial charge in [0.25, 0.3) is 0 Å². The number of hydrogen-bond acceptors (Lipinski definition) is 6. The van der Waals surface area contributed by atoms with E-state index in [4.69, 9.17) is 14.7 Å². The number of ether oxygens (including phenoxy) is 1. The number of methoxy groups -OCH3 is 1. The summed E-state index contributed by atoms with van der Waals surface area (Å²) in [5, 5.41) is 0. The molecule has 0 amide bonds. The molecule has 0 N–H and O–H groups in total. The highest BCUT2D eigenvalue weighted by molar-refractivity contribution is 5.99. The van der Waals surface area contributed by atoms with Gasteiger partial charge in [0.05, 0.1) is 24.1 Å². The van der Waals surface area contributed by atoms with Crippen molar-refractivity contribution < 1.29 is 9.53 Å². The molecule has 0 saturated carbocycles. The normalized spacial score (nSPS) is 18.4. The number of Topliss-reactive ketones (excluding diaryl/α,β-unsaturated/α-hetero) is 1. The van der Waals surface area contributed by atoms with Gasteiger partial charge in [-0.25, -0.2) is 9.97 Å². The Kier molecular flexibility index (Phi) is 5.52. The van der Waals surface area contributed by atoms with Crippen molar-refractivity contribution in [2.24, 2.45) is 0 Å². The molecular formula is C26H28N4O2. The van der Waals surface area contributed by atoms with Gasteiger partial charge < -0.3 is 14.5 Å². The van der Waals surface area contributed by atoms with Crippen molar-refractivity contribution in [3.63, 3.8) is 0 Å². The topological polar surface area (TPSA) is 58.6 Å². The summed E-state index contributed by atoms with van der Waals surface area (Å²) in [5.41, 5.74) is 4.81. The first-order valence-corrected chi connectivity index (χ1v) is 11.2. The van der Waals surface area contributed by atoms with Crippen LogP contribution in [0.1, 0.15) is 39.6 Å². The van der Waals surface area contributed by atoms with E-state index in [1.165, 1.54) is 11.3 Å². The summed E-state index contributed by atoms with van der Waals surface area (Å²) in [4.78, 5) is 27.2. The van der Waals surface area contributed by atoms with Crippen LogP contribution in [0.15, 0.2) is 54.6 Å². The summed E-state index contributed by atoms with van der Waals surface area (Å²) in [6.07, 6.45) is 1.31. The molecule has 2 heterocycles. The second-order valence-corrected chi connectivity index (χ2v) is 8.55. The Morgan fingerprint density at radius 1 is 0.906 bits per heavy atom. The number of aryl methyl sites for hydroxylation is 1. The highest BCUT2D eigenvalue weighted by atomic mass is 16.5. The first-order valence-electron chi connectivity index (χ1n) is 11.2. The lowest BCUT2D eigenvalue weighted by Crippen LogP contribution is -2.47. The highest BCUT2D eigenvalue weighted by Crippen LogP contribution is 2.34. The summed E-state index contributed by atoms with van der Waals surface area (Å²) in [7, 11) is 1.69. The second-order valence-electron chi connectivity index (χ2n) is 8.55. The maximum absolute atomic E-state index is 12.9. The SMILES string of the molecule is COc1cccc(N2CCN(c3nc(C)c4c(n3)C[C@H](c3ccccc3)CC4=O)CC2)c1. The average Bonchev–Trinajstić information content (AvgIpc) is 2.84. The van der Waals surface area contributed by atoms with Crippen molar-refractivity contribution in [3.05, 3.63) is 77.1 Å². The number of nitrogens with zero attached hydrogens (tertiary/aromatic N) is 4. The van der Waals surface area contributed by atoms with Crippen molar-refractivity contribution in [2.75, 3.05) is 43.1 Å². The Bertz CT molecular complexity index is 1120. The molecule has 0 spiro atoms. The Balaban J connectivity index is 1.35. The van der Waals surface area contributed by atoms with Gasteiger partial charge in [0, 0.05) is 44.4 Å². The second kappa shape index (κ2) is 8.61. The van der Waals surface area contributed by atoms with Crippen LogP contribution in [-0.4, -0.2) is 49.0 Å². The zero-order valence-electron chi connectivity index (χ0n) is 18.6. The standard InChI is InChI=1S/C26H28N4O2/c1-18-25-23(15-20(16-24(25)31)19-7-4-3-5-8-19)28-26(27-18)30-13-11-29(12-14-30)21-9-6-10-22(17-21)32-2/h3-10,17,20H,11-16H2,1-2H3/t20-/m0/s1. The van der Waals surface area contributed by atoms with E-state index in [0.717, 1.165) is 61.2 Å². The molecule has 1 saturated heterocycles. The molecule has 6 nitrogen and oxygen atoms in total. The van der Waals surface area contributed by atoms with E-state index < -0.39 is 0 Å². The Labute approximate surface area is 188 Å². The number of piperazine rings is 1. The molecule has 1 aliphatic carbocycles. The number of hydrogen-bond donors (Lipinski definition) is 0. The maximum atomic E-state index is 12.9. The van der Waals surface area contributed by atoms with Gasteiger partial charge in [-0.3, -0.25) is 4.79 Å². The molecule has 6 heteroatoms. The van der Waals surface area contributed by atoms with Crippen LogP contribution in [0.4, 0.5) is 11.6 Å². The van der Waals surface area contributed by atoms with Crippen LogP contribution in [0, 0.1) is 6.92 Å². The molecule has 0 radical (unpaired) electrons. The number of carbonyl (C=O) groups is 1. The van der Waals surface area contributed by atoms with Gasteiger partial charge in [-0.05, 0) is 37.0 Å². The molecule has 1 aliphatic heterocycles. The summed E-state index contributed by atoms with van der Waals surface area (Å²) in [5.74, 6) is 1.96. The lowest BCUT2D eigenvalue weighted by atomic mass is 9.81. The average molecular weight is 429 g/mol. The van der Waals surface area contributed by atoms with E-state index in [1.807, 2.05) is 37.3 Å². The summed E-state index contributed by atoms with van der Waals surface area (Å²) in [6.45, 7) is 5.39. The van der Waals surface area contributed by atoms with Gasteiger partial charge >= 0.3 is 0 Å². The summed E-state index contributed by atoms with van der Waals surface area (Å²) < 4.78 is 5.37. The number of carbonyl (C=O) groups excluding carboxylic acids is 1. The fourth-order valence-electron chi connectivity index (χ4n) is 4.83. The largest absolute Gasteiger partial charge is 0.497 e. The number of aromatic nitrogens is 2. The van der Waals surface area contributed by atoms with Crippen LogP contribution in [0.3, 0.4) is 0 Å². The Morgan fingerprint density at radius 2 is 1.66 bits per heavy atom. The molecule has 0 bridgehead atoms. The quantitative estimate of drug-likeness (QED) is 0.625. The van der Waals surface area contributed by atoms with Crippen molar-refractivity contribution in [1.82, 2.24) is 9.97 Å².